The number of aromatic nitrogens is 1. The maximum atomic E-state index is 14.4. The number of benzene rings is 3. The van der Waals surface area contributed by atoms with Gasteiger partial charge in [0, 0.05) is 31.9 Å². The molecule has 1 saturated carbocycles. The number of esters is 2. The molecule has 0 amide bonds. The van der Waals surface area contributed by atoms with E-state index in [9.17, 15) is 31.2 Å². The molecule has 308 valence electrons. The van der Waals surface area contributed by atoms with Crippen LogP contribution in [0.5, 0.6) is 11.5 Å². The van der Waals surface area contributed by atoms with Crippen molar-refractivity contribution in [2.75, 3.05) is 26.2 Å². The van der Waals surface area contributed by atoms with Gasteiger partial charge in [0.25, 0.3) is 0 Å². The molecule has 2 aliphatic heterocycles. The maximum Gasteiger partial charge on any atom is 0.387 e. The molecule has 3 unspecified atom stereocenters. The molecule has 2 bridgehead atoms. The molecule has 3 aromatic carbocycles. The maximum absolute atomic E-state index is 14.4. The molecule has 0 spiro atoms. The molecule has 3 fully saturated rings. The van der Waals surface area contributed by atoms with E-state index in [0.29, 0.717) is 30.0 Å². The second-order valence-electron chi connectivity index (χ2n) is 14.7. The van der Waals surface area contributed by atoms with E-state index in [1.807, 2.05) is 0 Å². The third-order valence-electron chi connectivity index (χ3n) is 10.3. The van der Waals surface area contributed by atoms with Gasteiger partial charge in [-0.3, -0.25) is 9.88 Å². The zero-order chi connectivity index (χ0) is 41.0. The fourth-order valence-corrected chi connectivity index (χ4v) is 9.02. The van der Waals surface area contributed by atoms with Crippen LogP contribution in [-0.4, -0.2) is 69.2 Å². The van der Waals surface area contributed by atoms with E-state index in [4.69, 9.17) is 37.4 Å². The van der Waals surface area contributed by atoms with Crippen LogP contribution in [0.15, 0.2) is 84.0 Å². The summed E-state index contributed by atoms with van der Waals surface area (Å²) in [6.07, 6.45) is 5.56. The summed E-state index contributed by atoms with van der Waals surface area (Å²) in [7, 11) is -4.57. The number of fused-ring (bicyclic) bond motifs is 2. The Morgan fingerprint density at radius 1 is 0.931 bits per heavy atom. The molecule has 1 N–H and O–H groups in total. The number of halogens is 5. The summed E-state index contributed by atoms with van der Waals surface area (Å²) in [6.45, 7) is -0.551. The summed E-state index contributed by atoms with van der Waals surface area (Å²) in [4.78, 5) is 33.4. The van der Waals surface area contributed by atoms with Crippen LogP contribution in [0, 0.1) is 17.7 Å². The number of alkyl halides is 2. The Balaban J connectivity index is 1.14. The number of pyridine rings is 1. The Morgan fingerprint density at radius 2 is 1.71 bits per heavy atom. The molecule has 5 atom stereocenters. The topological polar surface area (TPSA) is 133 Å². The van der Waals surface area contributed by atoms with Crippen LogP contribution in [0.25, 0.3) is 0 Å². The Hall–Kier alpha value is -4.41. The number of sulfonamides is 1. The van der Waals surface area contributed by atoms with Gasteiger partial charge < -0.3 is 18.9 Å². The monoisotopic (exact) mass is 861 g/mol. The van der Waals surface area contributed by atoms with Crippen molar-refractivity contribution in [3.05, 3.63) is 117 Å². The number of hydrogen-bond donors (Lipinski definition) is 1. The van der Waals surface area contributed by atoms with Crippen LogP contribution >= 0.6 is 23.2 Å². The highest BCUT2D eigenvalue weighted by atomic mass is 35.5. The highest BCUT2D eigenvalue weighted by Gasteiger charge is 2.36. The smallest absolute Gasteiger partial charge is 0.387 e. The zero-order valence-corrected chi connectivity index (χ0v) is 33.3. The average molecular weight is 863 g/mol. The number of carbonyl (C=O) groups excluding carboxylic acids is 2. The van der Waals surface area contributed by atoms with Gasteiger partial charge in [0.2, 0.25) is 10.0 Å². The fraction of sp³-hybridized carbons (Fsp3) is 0.390. The van der Waals surface area contributed by atoms with Crippen LogP contribution < -0.4 is 14.2 Å². The summed E-state index contributed by atoms with van der Waals surface area (Å²) in [5.74, 6) is -2.12. The molecule has 11 nitrogen and oxygen atoms in total. The van der Waals surface area contributed by atoms with Crippen LogP contribution in [0.2, 0.25) is 10.0 Å². The number of nitrogens with one attached hydrogen (secondary N) is 1. The summed E-state index contributed by atoms with van der Waals surface area (Å²) >= 11 is 12.9. The lowest BCUT2D eigenvalue weighted by atomic mass is 9.88. The van der Waals surface area contributed by atoms with Crippen molar-refractivity contribution in [2.45, 2.75) is 68.3 Å². The van der Waals surface area contributed by atoms with E-state index in [2.05, 4.69) is 19.3 Å². The summed E-state index contributed by atoms with van der Waals surface area (Å²) in [6, 6.07) is 12.5. The van der Waals surface area contributed by atoms with E-state index < -0.39 is 57.5 Å². The summed E-state index contributed by atoms with van der Waals surface area (Å²) in [5, 5.41) is 0.344. The van der Waals surface area contributed by atoms with E-state index >= 15 is 0 Å². The van der Waals surface area contributed by atoms with Crippen LogP contribution in [0.3, 0.4) is 0 Å². The minimum absolute atomic E-state index is 0.00654. The lowest BCUT2D eigenvalue weighted by molar-refractivity contribution is -0.156. The minimum atomic E-state index is -4.57. The van der Waals surface area contributed by atoms with Crippen LogP contribution in [0.4, 0.5) is 13.2 Å². The van der Waals surface area contributed by atoms with Gasteiger partial charge in [0.05, 0.1) is 27.1 Å². The van der Waals surface area contributed by atoms with Crippen LogP contribution in [0.1, 0.15) is 71.3 Å². The Bertz CT molecular complexity index is 2220. The van der Waals surface area contributed by atoms with Gasteiger partial charge in [0.15, 0.2) is 11.5 Å². The predicted octanol–water partition coefficient (Wildman–Crippen LogP) is 8.11. The van der Waals surface area contributed by atoms with Gasteiger partial charge >= 0.3 is 18.6 Å². The minimum Gasteiger partial charge on any atom is -0.489 e. The first-order chi connectivity index (χ1) is 27.8. The predicted molar refractivity (Wildman–Crippen MR) is 207 cm³/mol. The highest BCUT2D eigenvalue weighted by Crippen LogP contribution is 2.38. The first-order valence-corrected chi connectivity index (χ1v) is 21.1. The summed E-state index contributed by atoms with van der Waals surface area (Å²) < 4.78 is 93.7. The van der Waals surface area contributed by atoms with Crippen molar-refractivity contribution in [2.24, 2.45) is 11.8 Å². The lowest BCUT2D eigenvalue weighted by Gasteiger charge is -2.41. The second-order valence-corrected chi connectivity index (χ2v) is 17.2. The van der Waals surface area contributed by atoms with Gasteiger partial charge in [0.1, 0.15) is 24.1 Å². The number of rotatable bonds is 16. The summed E-state index contributed by atoms with van der Waals surface area (Å²) in [5.41, 5.74) is 0.524. The number of piperidine rings is 2. The van der Waals surface area contributed by atoms with Crippen molar-refractivity contribution < 1.29 is 50.1 Å². The van der Waals surface area contributed by atoms with Gasteiger partial charge in [-0.15, -0.1) is 0 Å². The quantitative estimate of drug-likeness (QED) is 0.110. The van der Waals surface area contributed by atoms with Crippen LogP contribution in [-0.2, 0) is 30.7 Å². The molecule has 1 aromatic heterocycles. The van der Waals surface area contributed by atoms with Crippen molar-refractivity contribution in [3.8, 4) is 11.5 Å². The molecular formula is C41H40Cl2F3N3O8S. The van der Waals surface area contributed by atoms with Crippen molar-refractivity contribution >= 4 is 45.2 Å². The number of nitrogens with zero attached hydrogens (tertiary/aromatic N) is 2. The van der Waals surface area contributed by atoms with Crippen molar-refractivity contribution in [1.29, 1.82) is 0 Å². The first kappa shape index (κ1) is 41.7. The fourth-order valence-electron chi connectivity index (χ4n) is 7.28. The molecule has 17 heteroatoms. The van der Waals surface area contributed by atoms with E-state index in [1.54, 1.807) is 0 Å². The highest BCUT2D eigenvalue weighted by molar-refractivity contribution is 7.89. The molecule has 4 aromatic rings. The Kier molecular flexibility index (Phi) is 13.1. The molecule has 1 aliphatic carbocycles. The van der Waals surface area contributed by atoms with Gasteiger partial charge in [-0.05, 0) is 110 Å². The Labute approximate surface area is 343 Å². The van der Waals surface area contributed by atoms with E-state index in [0.717, 1.165) is 50.9 Å². The molecule has 7 rings (SSSR count). The standard InChI is InChI=1S/C41H40Cl2F3N3O8S/c42-33-19-47-20-34(43)32(33)18-36(26-11-12-35(57-41(45)46)37(17-26)54-23-24-9-10-24)56-39(50)28-6-2-8-31(16-28)58(52,53)48-38(27-5-1-7-29(44)15-27)40(51)55-30-14-25-4-3-13-49(21-25)22-30/h1-2,5-8,11-12,15-17,19-20,24-25,30,36,38,41,48H,3-4,9-10,13-14,18,21-23H2/t25?,30-,36+,38?/m1/s1. The molecule has 3 heterocycles. The number of carbonyl (C=O) groups is 2. The lowest BCUT2D eigenvalue weighted by Crippen LogP contribution is -2.49. The molecule has 3 aliphatic rings. The SMILES string of the molecule is O=C(O[C@@H](Cc1c(Cl)cncc1Cl)c1ccc(OC(F)F)c(OCC2CC2)c1)c1cccc(S(=O)(=O)NC(C(=O)O[C@@H]2CC3CCCN(C3)C2)c2cccc(F)c2)c1. The number of ether oxygens (including phenoxy) is 4. The Morgan fingerprint density at radius 3 is 2.43 bits per heavy atom. The third-order valence-corrected chi connectivity index (χ3v) is 12.4. The van der Waals surface area contributed by atoms with E-state index in [1.165, 1.54) is 67.0 Å². The first-order valence-electron chi connectivity index (χ1n) is 18.8. The molecule has 0 radical (unpaired) electrons. The number of hydrogen-bond acceptors (Lipinski definition) is 10. The third kappa shape index (κ3) is 10.6. The average Bonchev–Trinajstić information content (AvgIpc) is 4.02. The van der Waals surface area contributed by atoms with Gasteiger partial charge in [-0.1, -0.05) is 47.5 Å². The second kappa shape index (κ2) is 18.2. The van der Waals surface area contributed by atoms with Crippen molar-refractivity contribution in [1.82, 2.24) is 14.6 Å². The largest absolute Gasteiger partial charge is 0.489 e. The molecule has 58 heavy (non-hydrogen) atoms. The molecule has 2 saturated heterocycles. The van der Waals surface area contributed by atoms with E-state index in [-0.39, 0.29) is 51.6 Å². The normalized spacial score (nSPS) is 20.2. The van der Waals surface area contributed by atoms with Gasteiger partial charge in [-0.25, -0.2) is 22.4 Å². The van der Waals surface area contributed by atoms with Crippen molar-refractivity contribution in [3.63, 3.8) is 0 Å². The molecular weight excluding hydrogens is 822 g/mol. The zero-order valence-electron chi connectivity index (χ0n) is 31.0. The van der Waals surface area contributed by atoms with Gasteiger partial charge in [-0.2, -0.15) is 13.5 Å².